The minimum atomic E-state index is 0.633. The van der Waals surface area contributed by atoms with Gasteiger partial charge in [0.2, 0.25) is 0 Å². The highest BCUT2D eigenvalue weighted by Gasteiger charge is 2.24. The first kappa shape index (κ1) is 13.9. The molecule has 1 rings (SSSR count). The summed E-state index contributed by atoms with van der Waals surface area (Å²) >= 11 is 0. The van der Waals surface area contributed by atoms with E-state index in [-0.39, 0.29) is 0 Å². The van der Waals surface area contributed by atoms with Crippen molar-refractivity contribution < 1.29 is 9.47 Å². The summed E-state index contributed by atoms with van der Waals surface area (Å²) in [6.45, 7) is 8.17. The van der Waals surface area contributed by atoms with Gasteiger partial charge in [0.05, 0.1) is 13.2 Å². The quantitative estimate of drug-likeness (QED) is 0.661. The Morgan fingerprint density at radius 1 is 1.19 bits per heavy atom. The monoisotopic (exact) mass is 230 g/mol. The van der Waals surface area contributed by atoms with Crippen LogP contribution in [-0.4, -0.2) is 64.6 Å². The summed E-state index contributed by atoms with van der Waals surface area (Å²) in [5.41, 5.74) is 0. The lowest BCUT2D eigenvalue weighted by Gasteiger charge is -2.27. The third-order valence-corrected chi connectivity index (χ3v) is 3.37. The Morgan fingerprint density at radius 3 is 2.25 bits per heavy atom. The van der Waals surface area contributed by atoms with Gasteiger partial charge in [-0.05, 0) is 18.9 Å². The maximum Gasteiger partial charge on any atom is 0.0589 e. The average Bonchev–Trinajstić information content (AvgIpc) is 2.68. The molecule has 0 amide bonds. The van der Waals surface area contributed by atoms with E-state index in [1.807, 2.05) is 0 Å². The molecule has 0 spiro atoms. The van der Waals surface area contributed by atoms with Gasteiger partial charge in [-0.2, -0.15) is 0 Å². The molecule has 96 valence electrons. The molecule has 0 aromatic rings. The maximum absolute atomic E-state index is 5.14. The van der Waals surface area contributed by atoms with Gasteiger partial charge in [0.15, 0.2) is 0 Å². The molecule has 1 saturated heterocycles. The van der Waals surface area contributed by atoms with E-state index in [1.165, 1.54) is 6.42 Å². The van der Waals surface area contributed by atoms with Crippen LogP contribution in [0, 0.1) is 5.92 Å². The maximum atomic E-state index is 5.14. The minimum absolute atomic E-state index is 0.633. The third-order valence-electron chi connectivity index (χ3n) is 3.37. The Bertz CT molecular complexity index is 170. The Labute approximate surface area is 99.3 Å². The molecule has 16 heavy (non-hydrogen) atoms. The van der Waals surface area contributed by atoms with Crippen LogP contribution in [0.3, 0.4) is 0 Å². The average molecular weight is 230 g/mol. The second kappa shape index (κ2) is 8.01. The lowest BCUT2D eigenvalue weighted by Crippen LogP contribution is -2.42. The smallest absolute Gasteiger partial charge is 0.0589 e. The van der Waals surface area contributed by atoms with E-state index >= 15 is 0 Å². The molecular formula is C12H26N2O2. The molecule has 0 bridgehead atoms. The van der Waals surface area contributed by atoms with Crippen LogP contribution in [0.25, 0.3) is 0 Å². The molecule has 0 radical (unpaired) electrons. The minimum Gasteiger partial charge on any atom is -0.383 e. The fourth-order valence-corrected chi connectivity index (χ4v) is 2.16. The van der Waals surface area contributed by atoms with E-state index in [0.717, 1.165) is 45.3 Å². The summed E-state index contributed by atoms with van der Waals surface area (Å²) in [5, 5.41) is 3.57. The molecule has 4 nitrogen and oxygen atoms in total. The molecular weight excluding hydrogens is 204 g/mol. The van der Waals surface area contributed by atoms with Crippen LogP contribution in [0.1, 0.15) is 13.3 Å². The van der Waals surface area contributed by atoms with Gasteiger partial charge in [0.25, 0.3) is 0 Å². The molecule has 4 heteroatoms. The van der Waals surface area contributed by atoms with Crippen molar-refractivity contribution in [1.82, 2.24) is 10.2 Å². The molecule has 2 atom stereocenters. The normalized spacial score (nSPS) is 25.5. The van der Waals surface area contributed by atoms with E-state index in [1.54, 1.807) is 14.2 Å². The van der Waals surface area contributed by atoms with Crippen molar-refractivity contribution in [1.29, 1.82) is 0 Å². The number of nitrogens with zero attached hydrogens (tertiary/aromatic N) is 1. The molecule has 1 heterocycles. The Morgan fingerprint density at radius 2 is 1.81 bits per heavy atom. The second-order valence-electron chi connectivity index (χ2n) is 4.61. The molecule has 0 aliphatic carbocycles. The van der Waals surface area contributed by atoms with Crippen LogP contribution in [0.2, 0.25) is 0 Å². The number of rotatable bonds is 8. The van der Waals surface area contributed by atoms with Gasteiger partial charge in [-0.25, -0.2) is 0 Å². The first-order chi connectivity index (χ1) is 7.77. The van der Waals surface area contributed by atoms with Gasteiger partial charge >= 0.3 is 0 Å². The number of hydrogen-bond donors (Lipinski definition) is 1. The highest BCUT2D eigenvalue weighted by Crippen LogP contribution is 2.15. The molecule has 1 fully saturated rings. The summed E-state index contributed by atoms with van der Waals surface area (Å²) in [6, 6.07) is 0.633. The Balaban J connectivity index is 2.29. The molecule has 0 aromatic carbocycles. The lowest BCUT2D eigenvalue weighted by atomic mass is 10.0. The first-order valence-corrected chi connectivity index (χ1v) is 6.21. The third kappa shape index (κ3) is 4.78. The highest BCUT2D eigenvalue weighted by atomic mass is 16.5. The predicted octanol–water partition coefficient (Wildman–Crippen LogP) is 0.579. The molecule has 1 aliphatic heterocycles. The van der Waals surface area contributed by atoms with E-state index in [0.29, 0.717) is 6.04 Å². The fraction of sp³-hybridized carbons (Fsp3) is 1.00. The predicted molar refractivity (Wildman–Crippen MR) is 65.8 cm³/mol. The SMILES string of the molecule is COCCN(CCOC)CC1NCCC1C. The van der Waals surface area contributed by atoms with Crippen LogP contribution in [-0.2, 0) is 9.47 Å². The Hall–Kier alpha value is -0.160. The zero-order chi connectivity index (χ0) is 11.8. The number of methoxy groups -OCH3 is 2. The van der Waals surface area contributed by atoms with Crippen molar-refractivity contribution >= 4 is 0 Å². The van der Waals surface area contributed by atoms with Crippen LogP contribution in [0.5, 0.6) is 0 Å². The zero-order valence-electron chi connectivity index (χ0n) is 10.9. The highest BCUT2D eigenvalue weighted by molar-refractivity contribution is 4.83. The van der Waals surface area contributed by atoms with Crippen molar-refractivity contribution in [2.24, 2.45) is 5.92 Å². The molecule has 2 unspecified atom stereocenters. The molecule has 0 aromatic heterocycles. The van der Waals surface area contributed by atoms with Crippen LogP contribution >= 0.6 is 0 Å². The summed E-state index contributed by atoms with van der Waals surface area (Å²) in [6.07, 6.45) is 1.30. The summed E-state index contributed by atoms with van der Waals surface area (Å²) < 4.78 is 10.3. The zero-order valence-corrected chi connectivity index (χ0v) is 10.9. The second-order valence-corrected chi connectivity index (χ2v) is 4.61. The van der Waals surface area contributed by atoms with Crippen molar-refractivity contribution in [3.05, 3.63) is 0 Å². The van der Waals surface area contributed by atoms with Crippen LogP contribution in [0.15, 0.2) is 0 Å². The van der Waals surface area contributed by atoms with E-state index in [2.05, 4.69) is 17.1 Å². The summed E-state index contributed by atoms with van der Waals surface area (Å²) in [5.74, 6) is 0.785. The van der Waals surface area contributed by atoms with Gasteiger partial charge in [-0.3, -0.25) is 4.90 Å². The van der Waals surface area contributed by atoms with E-state index < -0.39 is 0 Å². The molecule has 1 aliphatic rings. The van der Waals surface area contributed by atoms with Gasteiger partial charge in [0.1, 0.15) is 0 Å². The first-order valence-electron chi connectivity index (χ1n) is 6.21. The van der Waals surface area contributed by atoms with Gasteiger partial charge in [-0.15, -0.1) is 0 Å². The standard InChI is InChI=1S/C12H26N2O2/c1-11-4-5-13-12(11)10-14(6-8-15-2)7-9-16-3/h11-13H,4-10H2,1-3H3. The van der Waals surface area contributed by atoms with Gasteiger partial charge in [-0.1, -0.05) is 6.92 Å². The van der Waals surface area contributed by atoms with Crippen LogP contribution in [0.4, 0.5) is 0 Å². The fourth-order valence-electron chi connectivity index (χ4n) is 2.16. The van der Waals surface area contributed by atoms with Crippen molar-refractivity contribution in [3.8, 4) is 0 Å². The van der Waals surface area contributed by atoms with Gasteiger partial charge in [0, 0.05) is 39.9 Å². The largest absolute Gasteiger partial charge is 0.383 e. The summed E-state index contributed by atoms with van der Waals surface area (Å²) in [7, 11) is 3.51. The van der Waals surface area contributed by atoms with Crippen molar-refractivity contribution in [3.63, 3.8) is 0 Å². The molecule has 1 N–H and O–H groups in total. The lowest BCUT2D eigenvalue weighted by molar-refractivity contribution is 0.106. The van der Waals surface area contributed by atoms with E-state index in [9.17, 15) is 0 Å². The summed E-state index contributed by atoms with van der Waals surface area (Å²) in [4.78, 5) is 2.42. The number of ether oxygens (including phenoxy) is 2. The number of hydrogen-bond acceptors (Lipinski definition) is 4. The topological polar surface area (TPSA) is 33.7 Å². The van der Waals surface area contributed by atoms with Crippen molar-refractivity contribution in [2.45, 2.75) is 19.4 Å². The Kier molecular flexibility index (Phi) is 6.96. The van der Waals surface area contributed by atoms with Crippen LogP contribution < -0.4 is 5.32 Å². The van der Waals surface area contributed by atoms with Gasteiger partial charge < -0.3 is 14.8 Å². The van der Waals surface area contributed by atoms with Crippen molar-refractivity contribution in [2.75, 3.05) is 53.6 Å². The molecule has 0 saturated carbocycles. The van der Waals surface area contributed by atoms with E-state index in [4.69, 9.17) is 9.47 Å². The number of nitrogens with one attached hydrogen (secondary N) is 1.